The number of alkyl halides is 3. The van der Waals surface area contributed by atoms with Crippen LogP contribution in [0.25, 0.3) is 0 Å². The van der Waals surface area contributed by atoms with Crippen LogP contribution in [0.15, 0.2) is 12.3 Å². The van der Waals surface area contributed by atoms with Crippen LogP contribution in [0.1, 0.15) is 50.5 Å². The van der Waals surface area contributed by atoms with Crippen molar-refractivity contribution in [2.45, 2.75) is 51.1 Å². The number of nitrogens with zero attached hydrogens (tertiary/aromatic N) is 3. The second-order valence-corrected chi connectivity index (χ2v) is 8.51. The molecule has 2 fully saturated rings. The minimum absolute atomic E-state index is 0.0819. The molecule has 0 radical (unpaired) electrons. The van der Waals surface area contributed by atoms with E-state index in [1.54, 1.807) is 9.80 Å². The molecule has 0 bridgehead atoms. The molecule has 0 aromatic carbocycles. The molecule has 2 aliphatic rings. The SMILES string of the molecule is O=C(CCC1CCCCC1)OCC(=O)N1CCN(c2ncc(C(F)(F)F)cc2Cl)CC1. The summed E-state index contributed by atoms with van der Waals surface area (Å²) in [4.78, 5) is 31.4. The van der Waals surface area contributed by atoms with Gasteiger partial charge in [-0.2, -0.15) is 13.2 Å². The average Bonchev–Trinajstić information content (AvgIpc) is 2.76. The predicted molar refractivity (Wildman–Crippen MR) is 110 cm³/mol. The second kappa shape index (κ2) is 10.5. The smallest absolute Gasteiger partial charge is 0.417 e. The molecule has 1 aliphatic heterocycles. The highest BCUT2D eigenvalue weighted by atomic mass is 35.5. The van der Waals surface area contributed by atoms with Crippen molar-refractivity contribution in [3.63, 3.8) is 0 Å². The first-order valence-corrected chi connectivity index (χ1v) is 11.0. The van der Waals surface area contributed by atoms with Crippen molar-refractivity contribution in [2.24, 2.45) is 5.92 Å². The summed E-state index contributed by atoms with van der Waals surface area (Å²) in [6.07, 6.45) is 3.43. The summed E-state index contributed by atoms with van der Waals surface area (Å²) >= 11 is 6.00. The number of ether oxygens (including phenoxy) is 1. The molecule has 1 aliphatic carbocycles. The zero-order valence-electron chi connectivity index (χ0n) is 17.3. The molecule has 1 amide bonds. The van der Waals surface area contributed by atoms with Crippen molar-refractivity contribution in [3.8, 4) is 0 Å². The molecule has 10 heteroatoms. The molecule has 0 spiro atoms. The van der Waals surface area contributed by atoms with Gasteiger partial charge in [-0.05, 0) is 18.4 Å². The molecule has 0 N–H and O–H groups in total. The number of rotatable bonds is 6. The maximum absolute atomic E-state index is 12.8. The van der Waals surface area contributed by atoms with Crippen LogP contribution in [0.3, 0.4) is 0 Å². The number of aromatic nitrogens is 1. The molecular formula is C21H27ClF3N3O3. The van der Waals surface area contributed by atoms with Gasteiger partial charge >= 0.3 is 12.1 Å². The average molecular weight is 462 g/mol. The van der Waals surface area contributed by atoms with E-state index in [0.717, 1.165) is 31.5 Å². The number of carbonyl (C=O) groups excluding carboxylic acids is 2. The van der Waals surface area contributed by atoms with Crippen molar-refractivity contribution in [1.82, 2.24) is 9.88 Å². The van der Waals surface area contributed by atoms with E-state index in [1.807, 2.05) is 0 Å². The molecule has 1 saturated heterocycles. The van der Waals surface area contributed by atoms with Crippen molar-refractivity contribution in [1.29, 1.82) is 0 Å². The topological polar surface area (TPSA) is 62.7 Å². The standard InChI is InChI=1S/C21H27ClF3N3O3/c22-17-12-16(21(23,24)25)13-26-20(17)28-10-8-27(9-11-28)18(29)14-31-19(30)7-6-15-4-2-1-3-5-15/h12-13,15H,1-11,14H2. The highest BCUT2D eigenvalue weighted by Gasteiger charge is 2.32. The largest absolute Gasteiger partial charge is 0.456 e. The number of halogens is 4. The predicted octanol–water partition coefficient (Wildman–Crippen LogP) is 4.31. The molecule has 1 aromatic heterocycles. The molecule has 3 rings (SSSR count). The number of hydrogen-bond donors (Lipinski definition) is 0. The lowest BCUT2D eigenvalue weighted by Gasteiger charge is -2.35. The highest BCUT2D eigenvalue weighted by molar-refractivity contribution is 6.33. The molecule has 2 heterocycles. The number of piperazine rings is 1. The lowest BCUT2D eigenvalue weighted by molar-refractivity contribution is -0.152. The Hall–Kier alpha value is -2.03. The van der Waals surface area contributed by atoms with Crippen molar-refractivity contribution in [3.05, 3.63) is 22.8 Å². The van der Waals surface area contributed by atoms with Gasteiger partial charge in [0, 0.05) is 38.8 Å². The fraction of sp³-hybridized carbons (Fsp3) is 0.667. The molecule has 172 valence electrons. The van der Waals surface area contributed by atoms with Gasteiger partial charge in [-0.25, -0.2) is 4.98 Å². The molecule has 6 nitrogen and oxygen atoms in total. The summed E-state index contributed by atoms with van der Waals surface area (Å²) in [5.74, 6) is 0.210. The molecule has 1 saturated carbocycles. The minimum atomic E-state index is -4.51. The Bertz CT molecular complexity index is 777. The minimum Gasteiger partial charge on any atom is -0.456 e. The summed E-state index contributed by atoms with van der Waals surface area (Å²) < 4.78 is 43.4. The zero-order valence-corrected chi connectivity index (χ0v) is 18.1. The molecule has 31 heavy (non-hydrogen) atoms. The van der Waals surface area contributed by atoms with Gasteiger partial charge in [0.05, 0.1) is 10.6 Å². The number of amides is 1. The summed E-state index contributed by atoms with van der Waals surface area (Å²) in [5, 5.41) is -0.0819. The number of carbonyl (C=O) groups is 2. The van der Waals surface area contributed by atoms with Gasteiger partial charge in [0.25, 0.3) is 5.91 Å². The normalized spacial score (nSPS) is 18.2. The summed E-state index contributed by atoms with van der Waals surface area (Å²) in [6, 6.07) is 0.855. The molecule has 0 atom stereocenters. The Morgan fingerprint density at radius 2 is 1.81 bits per heavy atom. The van der Waals surface area contributed by atoms with Crippen LogP contribution in [-0.2, 0) is 20.5 Å². The highest BCUT2D eigenvalue weighted by Crippen LogP contribution is 2.33. The third kappa shape index (κ3) is 6.72. The van der Waals surface area contributed by atoms with Gasteiger partial charge in [0.1, 0.15) is 5.82 Å². The van der Waals surface area contributed by atoms with E-state index in [1.165, 1.54) is 19.3 Å². The first kappa shape index (κ1) is 23.6. The third-order valence-electron chi connectivity index (χ3n) is 5.92. The van der Waals surface area contributed by atoms with Crippen molar-refractivity contribution < 1.29 is 27.5 Å². The van der Waals surface area contributed by atoms with E-state index in [2.05, 4.69) is 4.98 Å². The summed E-state index contributed by atoms with van der Waals surface area (Å²) in [7, 11) is 0. The maximum atomic E-state index is 12.8. The second-order valence-electron chi connectivity index (χ2n) is 8.10. The van der Waals surface area contributed by atoms with E-state index < -0.39 is 11.7 Å². The Morgan fingerprint density at radius 3 is 2.42 bits per heavy atom. The fourth-order valence-electron chi connectivity index (χ4n) is 4.09. The number of esters is 1. The quantitative estimate of drug-likeness (QED) is 0.591. The Balaban J connectivity index is 1.41. The van der Waals surface area contributed by atoms with E-state index in [4.69, 9.17) is 16.3 Å². The molecular weight excluding hydrogens is 435 g/mol. The van der Waals surface area contributed by atoms with Gasteiger partial charge in [0.2, 0.25) is 0 Å². The Labute approximate surface area is 184 Å². The van der Waals surface area contributed by atoms with Crippen LogP contribution in [0, 0.1) is 5.92 Å². The van der Waals surface area contributed by atoms with E-state index in [9.17, 15) is 22.8 Å². The van der Waals surface area contributed by atoms with Crippen LogP contribution >= 0.6 is 11.6 Å². The zero-order chi connectivity index (χ0) is 22.4. The van der Waals surface area contributed by atoms with Crippen LogP contribution in [0.5, 0.6) is 0 Å². The monoisotopic (exact) mass is 461 g/mol. The lowest BCUT2D eigenvalue weighted by Crippen LogP contribution is -2.50. The van der Waals surface area contributed by atoms with Crippen LogP contribution in [0.4, 0.5) is 19.0 Å². The number of hydrogen-bond acceptors (Lipinski definition) is 5. The van der Waals surface area contributed by atoms with Crippen LogP contribution in [0.2, 0.25) is 5.02 Å². The first-order valence-electron chi connectivity index (χ1n) is 10.6. The number of pyridine rings is 1. The van der Waals surface area contributed by atoms with Crippen molar-refractivity contribution in [2.75, 3.05) is 37.7 Å². The molecule has 1 aromatic rings. The summed E-state index contributed by atoms with van der Waals surface area (Å²) in [6.45, 7) is 1.15. The van der Waals surface area contributed by atoms with Crippen LogP contribution in [-0.4, -0.2) is 54.5 Å². The van der Waals surface area contributed by atoms with E-state index in [-0.39, 0.29) is 29.3 Å². The van der Waals surface area contributed by atoms with Gasteiger partial charge in [0.15, 0.2) is 6.61 Å². The molecule has 0 unspecified atom stereocenters. The number of anilines is 1. The van der Waals surface area contributed by atoms with Gasteiger partial charge in [-0.3, -0.25) is 9.59 Å². The van der Waals surface area contributed by atoms with E-state index in [0.29, 0.717) is 38.5 Å². The first-order chi connectivity index (χ1) is 14.7. The Kier molecular flexibility index (Phi) is 8.02. The van der Waals surface area contributed by atoms with Crippen LogP contribution < -0.4 is 4.90 Å². The fourth-order valence-corrected chi connectivity index (χ4v) is 4.38. The van der Waals surface area contributed by atoms with Gasteiger partial charge in [-0.1, -0.05) is 43.7 Å². The van der Waals surface area contributed by atoms with E-state index >= 15 is 0 Å². The lowest BCUT2D eigenvalue weighted by atomic mass is 9.86. The Morgan fingerprint density at radius 1 is 1.13 bits per heavy atom. The van der Waals surface area contributed by atoms with Gasteiger partial charge < -0.3 is 14.5 Å². The third-order valence-corrected chi connectivity index (χ3v) is 6.20. The maximum Gasteiger partial charge on any atom is 0.417 e. The van der Waals surface area contributed by atoms with Gasteiger partial charge in [-0.15, -0.1) is 0 Å². The van der Waals surface area contributed by atoms with Crippen molar-refractivity contribution >= 4 is 29.3 Å². The summed E-state index contributed by atoms with van der Waals surface area (Å²) in [5.41, 5.74) is -0.902.